The van der Waals surface area contributed by atoms with E-state index in [9.17, 15) is 10.1 Å². The van der Waals surface area contributed by atoms with E-state index >= 15 is 0 Å². The minimum Gasteiger partial charge on any atom is -0.497 e. The van der Waals surface area contributed by atoms with Gasteiger partial charge in [0.1, 0.15) is 5.75 Å². The number of methoxy groups -OCH3 is 1. The third-order valence-electron chi connectivity index (χ3n) is 2.86. The first kappa shape index (κ1) is 14.7. The molecule has 0 radical (unpaired) electrons. The molecule has 0 spiro atoms. The van der Waals surface area contributed by atoms with Gasteiger partial charge in [-0.25, -0.2) is 4.98 Å². The Morgan fingerprint density at radius 3 is 2.62 bits per heavy atom. The second-order valence-corrected chi connectivity index (χ2v) is 4.41. The standard InChI is InChI=1S/C14H15N3O4/c1-9(15)10-3-6-14(16-8-10)21-13-7-11(20-2)4-5-12(13)17(18)19/h3-9H,15H2,1-2H3. The number of nitrogens with two attached hydrogens (primary N) is 1. The van der Waals surface area contributed by atoms with Crippen LogP contribution in [0.15, 0.2) is 36.5 Å². The number of benzene rings is 1. The van der Waals surface area contributed by atoms with Gasteiger partial charge in [-0.3, -0.25) is 10.1 Å². The first-order chi connectivity index (χ1) is 10.0. The first-order valence-corrected chi connectivity index (χ1v) is 6.23. The Morgan fingerprint density at radius 2 is 2.10 bits per heavy atom. The van der Waals surface area contributed by atoms with Crippen LogP contribution in [0, 0.1) is 10.1 Å². The van der Waals surface area contributed by atoms with Crippen molar-refractivity contribution in [2.75, 3.05) is 7.11 Å². The molecule has 2 N–H and O–H groups in total. The molecule has 2 rings (SSSR count). The van der Waals surface area contributed by atoms with Crippen molar-refractivity contribution in [3.05, 3.63) is 52.2 Å². The van der Waals surface area contributed by atoms with Crippen LogP contribution in [0.1, 0.15) is 18.5 Å². The predicted octanol–water partition coefficient (Wildman–Crippen LogP) is 2.81. The van der Waals surface area contributed by atoms with E-state index in [2.05, 4.69) is 4.98 Å². The molecular formula is C14H15N3O4. The van der Waals surface area contributed by atoms with Gasteiger partial charge < -0.3 is 15.2 Å². The summed E-state index contributed by atoms with van der Waals surface area (Å²) >= 11 is 0. The average Bonchev–Trinajstić information content (AvgIpc) is 2.47. The highest BCUT2D eigenvalue weighted by Crippen LogP contribution is 2.34. The lowest BCUT2D eigenvalue weighted by atomic mass is 10.2. The van der Waals surface area contributed by atoms with E-state index in [1.54, 1.807) is 18.3 Å². The second-order valence-electron chi connectivity index (χ2n) is 4.41. The summed E-state index contributed by atoms with van der Waals surface area (Å²) in [7, 11) is 1.47. The van der Waals surface area contributed by atoms with Crippen LogP contribution in [-0.4, -0.2) is 17.0 Å². The fourth-order valence-corrected chi connectivity index (χ4v) is 1.69. The molecule has 7 nitrogen and oxygen atoms in total. The summed E-state index contributed by atoms with van der Waals surface area (Å²) < 4.78 is 10.5. The van der Waals surface area contributed by atoms with Crippen LogP contribution in [0.5, 0.6) is 17.4 Å². The van der Waals surface area contributed by atoms with Crippen molar-refractivity contribution in [3.63, 3.8) is 0 Å². The highest BCUT2D eigenvalue weighted by atomic mass is 16.6. The van der Waals surface area contributed by atoms with Gasteiger partial charge >= 0.3 is 5.69 Å². The Morgan fingerprint density at radius 1 is 1.33 bits per heavy atom. The summed E-state index contributed by atoms with van der Waals surface area (Å²) in [5.74, 6) is 0.777. The number of rotatable bonds is 5. The van der Waals surface area contributed by atoms with Gasteiger partial charge in [-0.15, -0.1) is 0 Å². The number of hydrogen-bond acceptors (Lipinski definition) is 6. The molecule has 7 heteroatoms. The quantitative estimate of drug-likeness (QED) is 0.671. The molecule has 0 bridgehead atoms. The number of aromatic nitrogens is 1. The molecule has 2 aromatic rings. The average molecular weight is 289 g/mol. The summed E-state index contributed by atoms with van der Waals surface area (Å²) in [4.78, 5) is 14.6. The van der Waals surface area contributed by atoms with Crippen molar-refractivity contribution in [3.8, 4) is 17.4 Å². The van der Waals surface area contributed by atoms with Crippen LogP contribution in [0.3, 0.4) is 0 Å². The molecule has 0 saturated carbocycles. The fraction of sp³-hybridized carbons (Fsp3) is 0.214. The van der Waals surface area contributed by atoms with Gasteiger partial charge in [-0.05, 0) is 18.6 Å². The maximum Gasteiger partial charge on any atom is 0.311 e. The largest absolute Gasteiger partial charge is 0.497 e. The van der Waals surface area contributed by atoms with Gasteiger partial charge in [0.15, 0.2) is 0 Å². The molecule has 0 aliphatic rings. The zero-order chi connectivity index (χ0) is 15.4. The van der Waals surface area contributed by atoms with Gasteiger partial charge in [0.25, 0.3) is 0 Å². The molecule has 1 unspecified atom stereocenters. The Hall–Kier alpha value is -2.67. The molecule has 0 aliphatic heterocycles. The summed E-state index contributed by atoms with van der Waals surface area (Å²) in [6.07, 6.45) is 1.58. The summed E-state index contributed by atoms with van der Waals surface area (Å²) in [6, 6.07) is 7.50. The Labute approximate surface area is 121 Å². The molecule has 0 saturated heterocycles. The van der Waals surface area contributed by atoms with Crippen LogP contribution in [0.2, 0.25) is 0 Å². The summed E-state index contributed by atoms with van der Waals surface area (Å²) in [5, 5.41) is 11.0. The predicted molar refractivity (Wildman–Crippen MR) is 76.6 cm³/mol. The lowest BCUT2D eigenvalue weighted by Gasteiger charge is -2.09. The topological polar surface area (TPSA) is 101 Å². The molecule has 0 fully saturated rings. The lowest BCUT2D eigenvalue weighted by Crippen LogP contribution is -2.05. The van der Waals surface area contributed by atoms with Crippen LogP contribution in [0.4, 0.5) is 5.69 Å². The maximum absolute atomic E-state index is 11.0. The summed E-state index contributed by atoms with van der Waals surface area (Å²) in [6.45, 7) is 1.84. The highest BCUT2D eigenvalue weighted by molar-refractivity contribution is 5.51. The number of hydrogen-bond donors (Lipinski definition) is 1. The van der Waals surface area contributed by atoms with Crippen LogP contribution in [0.25, 0.3) is 0 Å². The van der Waals surface area contributed by atoms with Crippen molar-refractivity contribution in [1.82, 2.24) is 4.98 Å². The number of pyridine rings is 1. The zero-order valence-electron chi connectivity index (χ0n) is 11.6. The Kier molecular flexibility index (Phi) is 4.34. The Bertz CT molecular complexity index is 641. The number of nitro benzene ring substituents is 1. The van der Waals surface area contributed by atoms with Crippen LogP contribution < -0.4 is 15.2 Å². The van der Waals surface area contributed by atoms with E-state index in [1.807, 2.05) is 6.92 Å². The van der Waals surface area contributed by atoms with Crippen molar-refractivity contribution < 1.29 is 14.4 Å². The van der Waals surface area contributed by atoms with Gasteiger partial charge in [-0.1, -0.05) is 6.07 Å². The normalized spacial score (nSPS) is 11.8. The minimum absolute atomic E-state index is 0.0698. The maximum atomic E-state index is 11.0. The second kappa shape index (κ2) is 6.19. The van der Waals surface area contributed by atoms with E-state index in [0.29, 0.717) is 5.75 Å². The van der Waals surface area contributed by atoms with Crippen molar-refractivity contribution in [2.24, 2.45) is 5.73 Å². The van der Waals surface area contributed by atoms with Crippen molar-refractivity contribution in [2.45, 2.75) is 13.0 Å². The third kappa shape index (κ3) is 3.46. The van der Waals surface area contributed by atoms with Gasteiger partial charge in [0, 0.05) is 30.4 Å². The molecule has 110 valence electrons. The Balaban J connectivity index is 2.31. The fourth-order valence-electron chi connectivity index (χ4n) is 1.69. The highest BCUT2D eigenvalue weighted by Gasteiger charge is 2.17. The van der Waals surface area contributed by atoms with E-state index in [1.165, 1.54) is 25.3 Å². The number of nitrogens with zero attached hydrogens (tertiary/aromatic N) is 2. The van der Waals surface area contributed by atoms with E-state index in [0.717, 1.165) is 5.56 Å². The first-order valence-electron chi connectivity index (χ1n) is 6.23. The zero-order valence-corrected chi connectivity index (χ0v) is 11.6. The van der Waals surface area contributed by atoms with Crippen molar-refractivity contribution in [1.29, 1.82) is 0 Å². The van der Waals surface area contributed by atoms with E-state index in [-0.39, 0.29) is 23.4 Å². The van der Waals surface area contributed by atoms with E-state index < -0.39 is 4.92 Å². The SMILES string of the molecule is COc1ccc([N+](=O)[O-])c(Oc2ccc(C(C)N)cn2)c1. The number of nitro groups is 1. The van der Waals surface area contributed by atoms with Gasteiger partial charge in [-0.2, -0.15) is 0 Å². The molecular weight excluding hydrogens is 274 g/mol. The van der Waals surface area contributed by atoms with E-state index in [4.69, 9.17) is 15.2 Å². The lowest BCUT2D eigenvalue weighted by molar-refractivity contribution is -0.385. The molecule has 21 heavy (non-hydrogen) atoms. The molecule has 0 amide bonds. The van der Waals surface area contributed by atoms with Crippen molar-refractivity contribution >= 4 is 5.69 Å². The molecule has 1 heterocycles. The van der Waals surface area contributed by atoms with Crippen LogP contribution in [-0.2, 0) is 0 Å². The molecule has 1 aromatic carbocycles. The molecule has 1 atom stereocenters. The van der Waals surface area contributed by atoms with Crippen LogP contribution >= 0.6 is 0 Å². The minimum atomic E-state index is -0.523. The monoisotopic (exact) mass is 289 g/mol. The number of ether oxygens (including phenoxy) is 2. The van der Waals surface area contributed by atoms with Gasteiger partial charge in [0.2, 0.25) is 11.6 Å². The molecule has 0 aliphatic carbocycles. The molecule has 1 aromatic heterocycles. The third-order valence-corrected chi connectivity index (χ3v) is 2.86. The summed E-state index contributed by atoms with van der Waals surface area (Å²) in [5.41, 5.74) is 6.42. The smallest absolute Gasteiger partial charge is 0.311 e. The van der Waals surface area contributed by atoms with Gasteiger partial charge in [0.05, 0.1) is 12.0 Å².